The van der Waals surface area contributed by atoms with Gasteiger partial charge in [-0.3, -0.25) is 4.79 Å². The molecule has 1 saturated carbocycles. The van der Waals surface area contributed by atoms with E-state index < -0.39 is 10.0 Å². The normalized spacial score (nSPS) is 17.1. The first-order valence-corrected chi connectivity index (χ1v) is 15.0. The summed E-state index contributed by atoms with van der Waals surface area (Å²) < 4.78 is 33.5. The van der Waals surface area contributed by atoms with E-state index >= 15 is 0 Å². The Morgan fingerprint density at radius 2 is 1.53 bits per heavy atom. The first kappa shape index (κ1) is 24.9. The highest BCUT2D eigenvalue weighted by Crippen LogP contribution is 2.41. The van der Waals surface area contributed by atoms with Crippen molar-refractivity contribution in [3.8, 4) is 27.7 Å². The Labute approximate surface area is 225 Å². The second-order valence-electron chi connectivity index (χ2n) is 9.85. The average molecular weight is 550 g/mol. The molecular formula is C29H27NO6S2. The summed E-state index contributed by atoms with van der Waals surface area (Å²) in [6.07, 6.45) is 2.73. The van der Waals surface area contributed by atoms with Gasteiger partial charge in [-0.25, -0.2) is 12.7 Å². The molecule has 6 rings (SSSR count). The molecule has 0 unspecified atom stereocenters. The number of rotatable bonds is 7. The largest absolute Gasteiger partial charge is 0.508 e. The zero-order valence-corrected chi connectivity index (χ0v) is 22.2. The number of nitrogens with zero attached hydrogens (tertiary/aromatic N) is 1. The Morgan fingerprint density at radius 1 is 0.868 bits per heavy atom. The van der Waals surface area contributed by atoms with Crippen molar-refractivity contribution in [2.45, 2.75) is 37.0 Å². The van der Waals surface area contributed by atoms with Crippen molar-refractivity contribution in [3.63, 3.8) is 0 Å². The van der Waals surface area contributed by atoms with Crippen LogP contribution in [-0.2, 0) is 10.0 Å². The number of hydrogen-bond donors (Lipinski definition) is 2. The lowest BCUT2D eigenvalue weighted by Crippen LogP contribution is -2.43. The summed E-state index contributed by atoms with van der Waals surface area (Å²) >= 11 is 1.42. The molecule has 3 aromatic carbocycles. The van der Waals surface area contributed by atoms with E-state index in [2.05, 4.69) is 0 Å². The predicted molar refractivity (Wildman–Crippen MR) is 148 cm³/mol. The number of piperidine rings is 1. The maximum absolute atomic E-state index is 13.8. The van der Waals surface area contributed by atoms with E-state index in [4.69, 9.17) is 4.74 Å². The van der Waals surface area contributed by atoms with Crippen molar-refractivity contribution in [1.29, 1.82) is 0 Å². The van der Waals surface area contributed by atoms with Crippen LogP contribution in [0.4, 0.5) is 0 Å². The van der Waals surface area contributed by atoms with Crippen molar-refractivity contribution >= 4 is 37.2 Å². The molecule has 38 heavy (non-hydrogen) atoms. The number of carbonyl (C=O) groups is 1. The van der Waals surface area contributed by atoms with Crippen molar-refractivity contribution < 1.29 is 28.2 Å². The van der Waals surface area contributed by atoms with Crippen LogP contribution in [0, 0.1) is 0 Å². The molecular weight excluding hydrogens is 522 g/mol. The lowest BCUT2D eigenvalue weighted by Gasteiger charge is -2.31. The summed E-state index contributed by atoms with van der Waals surface area (Å²) in [4.78, 5) is 14.5. The lowest BCUT2D eigenvalue weighted by atomic mass is 9.97. The van der Waals surface area contributed by atoms with Crippen molar-refractivity contribution in [2.24, 2.45) is 0 Å². The second kappa shape index (κ2) is 9.72. The van der Waals surface area contributed by atoms with E-state index in [-0.39, 0.29) is 28.6 Å². The fraction of sp³-hybridized carbons (Fsp3) is 0.276. The Morgan fingerprint density at radius 3 is 2.18 bits per heavy atom. The molecule has 1 aromatic heterocycles. The molecule has 1 aliphatic heterocycles. The van der Waals surface area contributed by atoms with E-state index in [1.807, 2.05) is 0 Å². The van der Waals surface area contributed by atoms with Gasteiger partial charge in [-0.2, -0.15) is 0 Å². The number of fused-ring (bicyclic) bond motifs is 1. The number of phenolic OH excluding ortho intramolecular Hbond substituents is 2. The number of hydrogen-bond acceptors (Lipinski definition) is 7. The van der Waals surface area contributed by atoms with Gasteiger partial charge in [0.1, 0.15) is 23.4 Å². The van der Waals surface area contributed by atoms with Crippen LogP contribution >= 0.6 is 11.3 Å². The first-order valence-electron chi connectivity index (χ1n) is 12.6. The quantitative estimate of drug-likeness (QED) is 0.293. The summed E-state index contributed by atoms with van der Waals surface area (Å²) in [5, 5.41) is 20.3. The highest BCUT2D eigenvalue weighted by molar-refractivity contribution is 7.90. The minimum atomic E-state index is -3.15. The van der Waals surface area contributed by atoms with Crippen LogP contribution in [-0.4, -0.2) is 53.2 Å². The van der Waals surface area contributed by atoms with Gasteiger partial charge in [-0.15, -0.1) is 11.3 Å². The molecule has 1 aliphatic carbocycles. The Kier molecular flexibility index (Phi) is 6.37. The van der Waals surface area contributed by atoms with E-state index in [1.54, 1.807) is 71.0 Å². The summed E-state index contributed by atoms with van der Waals surface area (Å²) in [5.41, 5.74) is 1.87. The molecule has 2 heterocycles. The Hall–Kier alpha value is -3.40. The number of thiophene rings is 1. The zero-order valence-electron chi connectivity index (χ0n) is 20.5. The molecule has 0 amide bonds. The molecule has 0 radical (unpaired) electrons. The molecule has 9 heteroatoms. The topological polar surface area (TPSA) is 104 Å². The Bertz CT molecular complexity index is 1600. The van der Waals surface area contributed by atoms with Crippen LogP contribution < -0.4 is 4.74 Å². The van der Waals surface area contributed by atoms with Gasteiger partial charge in [0.05, 0.1) is 5.25 Å². The van der Waals surface area contributed by atoms with Crippen LogP contribution in [0.25, 0.3) is 20.5 Å². The number of phenols is 2. The fourth-order valence-corrected chi connectivity index (χ4v) is 8.04. The van der Waals surface area contributed by atoms with Crippen LogP contribution in [0.3, 0.4) is 0 Å². The minimum absolute atomic E-state index is 0.0724. The molecule has 0 spiro atoms. The van der Waals surface area contributed by atoms with Crippen LogP contribution in [0.1, 0.15) is 41.6 Å². The maximum Gasteiger partial charge on any atom is 0.216 e. The number of aromatic hydroxyl groups is 2. The first-order chi connectivity index (χ1) is 18.3. The molecule has 0 atom stereocenters. The molecule has 2 fully saturated rings. The summed E-state index contributed by atoms with van der Waals surface area (Å²) in [5.74, 6) is 0.776. The lowest BCUT2D eigenvalue weighted by molar-refractivity contribution is 0.104. The number of ether oxygens (including phenoxy) is 1. The average Bonchev–Trinajstić information content (AvgIpc) is 3.71. The van der Waals surface area contributed by atoms with Gasteiger partial charge in [0.25, 0.3) is 0 Å². The van der Waals surface area contributed by atoms with E-state index in [0.717, 1.165) is 33.4 Å². The fourth-order valence-electron chi connectivity index (χ4n) is 4.93. The third kappa shape index (κ3) is 4.77. The molecule has 0 bridgehead atoms. The molecule has 2 aliphatic rings. The standard InChI is InChI=1S/C29H27NO6S2/c31-20-5-1-19(2-6-20)29-27(25-12-7-21(32)17-26(25)37-29)28(33)18-3-8-22(9-4-18)36-23-13-15-30(16-14-23)38(34,35)24-10-11-24/h1-9,12,17,23-24,31-32H,10-11,13-16H2. The molecule has 2 N–H and O–H groups in total. The molecule has 4 aromatic rings. The maximum atomic E-state index is 13.8. The second-order valence-corrected chi connectivity index (χ2v) is 13.1. The van der Waals surface area contributed by atoms with Crippen LogP contribution in [0.2, 0.25) is 0 Å². The zero-order chi connectivity index (χ0) is 26.4. The van der Waals surface area contributed by atoms with Gasteiger partial charge in [-0.05, 0) is 98.0 Å². The van der Waals surface area contributed by atoms with Crippen molar-refractivity contribution in [1.82, 2.24) is 4.31 Å². The molecule has 7 nitrogen and oxygen atoms in total. The number of sulfonamides is 1. The van der Waals surface area contributed by atoms with Gasteiger partial charge in [0.2, 0.25) is 10.0 Å². The molecule has 1 saturated heterocycles. The SMILES string of the molecule is O=C(c1ccc(OC2CCN(S(=O)(=O)C3CC3)CC2)cc1)c1c(-c2ccc(O)cc2)sc2cc(O)ccc12. The van der Waals surface area contributed by atoms with Gasteiger partial charge >= 0.3 is 0 Å². The number of benzene rings is 3. The van der Waals surface area contributed by atoms with E-state index in [0.29, 0.717) is 42.8 Å². The monoisotopic (exact) mass is 549 g/mol. The van der Waals surface area contributed by atoms with Crippen molar-refractivity contribution in [3.05, 3.63) is 77.9 Å². The number of carbonyl (C=O) groups excluding carboxylic acids is 1. The van der Waals surface area contributed by atoms with E-state index in [9.17, 15) is 23.4 Å². The number of ketones is 1. The van der Waals surface area contributed by atoms with Crippen LogP contribution in [0.15, 0.2) is 66.7 Å². The minimum Gasteiger partial charge on any atom is -0.508 e. The van der Waals surface area contributed by atoms with E-state index in [1.165, 1.54) is 11.3 Å². The summed E-state index contributed by atoms with van der Waals surface area (Å²) in [7, 11) is -3.15. The van der Waals surface area contributed by atoms with Gasteiger partial charge in [0.15, 0.2) is 5.78 Å². The predicted octanol–water partition coefficient (Wildman–Crippen LogP) is 5.55. The van der Waals surface area contributed by atoms with Gasteiger partial charge in [-0.1, -0.05) is 0 Å². The third-order valence-corrected chi connectivity index (χ3v) is 10.8. The van der Waals surface area contributed by atoms with Crippen molar-refractivity contribution in [2.75, 3.05) is 13.1 Å². The summed E-state index contributed by atoms with van der Waals surface area (Å²) in [6.45, 7) is 0.946. The molecule has 196 valence electrons. The third-order valence-electron chi connectivity index (χ3n) is 7.16. The Balaban J connectivity index is 1.21. The van der Waals surface area contributed by atoms with Crippen LogP contribution in [0.5, 0.6) is 17.2 Å². The smallest absolute Gasteiger partial charge is 0.216 e. The highest BCUT2D eigenvalue weighted by Gasteiger charge is 2.41. The van der Waals surface area contributed by atoms with Gasteiger partial charge in [0, 0.05) is 39.2 Å². The van der Waals surface area contributed by atoms with Gasteiger partial charge < -0.3 is 14.9 Å². The highest BCUT2D eigenvalue weighted by atomic mass is 32.2. The summed E-state index contributed by atoms with van der Waals surface area (Å²) in [6, 6.07) is 18.7.